The number of aryl methyl sites for hydroxylation is 1. The van der Waals surface area contributed by atoms with Crippen molar-refractivity contribution in [2.45, 2.75) is 18.7 Å². The second-order valence-electron chi connectivity index (χ2n) is 3.92. The van der Waals surface area contributed by atoms with E-state index in [9.17, 15) is 13.2 Å². The first-order chi connectivity index (χ1) is 8.28. The van der Waals surface area contributed by atoms with Gasteiger partial charge in [-0.2, -0.15) is 4.31 Å². The van der Waals surface area contributed by atoms with Crippen molar-refractivity contribution in [2.75, 3.05) is 18.8 Å². The number of sulfonamides is 1. The molecule has 1 aromatic rings. The van der Waals surface area contributed by atoms with Gasteiger partial charge >= 0.3 is 0 Å². The van der Waals surface area contributed by atoms with E-state index in [1.165, 1.54) is 12.1 Å². The fraction of sp³-hybridized carbons (Fsp3) is 0.364. The van der Waals surface area contributed by atoms with Crippen LogP contribution >= 0.6 is 0 Å². The molecule has 0 radical (unpaired) electrons. The number of nitrogens with two attached hydrogens (primary N) is 2. The van der Waals surface area contributed by atoms with Crippen LogP contribution in [0.25, 0.3) is 0 Å². The predicted octanol–water partition coefficient (Wildman–Crippen LogP) is 0.0731. The van der Waals surface area contributed by atoms with Gasteiger partial charge in [-0.25, -0.2) is 8.42 Å². The number of likely N-dealkylation sites (N-methyl/N-ethyl adjacent to an activating group) is 1. The van der Waals surface area contributed by atoms with Crippen molar-refractivity contribution in [1.29, 1.82) is 0 Å². The molecule has 4 N–H and O–H groups in total. The quantitative estimate of drug-likeness (QED) is 0.739. The zero-order chi connectivity index (χ0) is 13.9. The van der Waals surface area contributed by atoms with E-state index in [2.05, 4.69) is 0 Å². The molecule has 0 fully saturated rings. The molecule has 0 atom stereocenters. The maximum absolute atomic E-state index is 12.3. The highest BCUT2D eigenvalue weighted by Gasteiger charge is 2.25. The zero-order valence-corrected chi connectivity index (χ0v) is 11.2. The van der Waals surface area contributed by atoms with E-state index in [0.717, 1.165) is 4.31 Å². The Morgan fingerprint density at radius 1 is 1.39 bits per heavy atom. The second-order valence-corrected chi connectivity index (χ2v) is 5.83. The lowest BCUT2D eigenvalue weighted by Crippen LogP contribution is -2.38. The third-order valence-corrected chi connectivity index (χ3v) is 4.58. The average molecular weight is 271 g/mol. The topological polar surface area (TPSA) is 106 Å². The highest BCUT2D eigenvalue weighted by molar-refractivity contribution is 7.89. The fourth-order valence-electron chi connectivity index (χ4n) is 1.64. The molecular weight excluding hydrogens is 254 g/mol. The molecule has 18 heavy (non-hydrogen) atoms. The fourth-order valence-corrected chi connectivity index (χ4v) is 3.26. The summed E-state index contributed by atoms with van der Waals surface area (Å²) in [5.41, 5.74) is 11.6. The summed E-state index contributed by atoms with van der Waals surface area (Å²) in [6, 6.07) is 4.52. The summed E-state index contributed by atoms with van der Waals surface area (Å²) in [6.07, 6.45) is 0. The van der Waals surface area contributed by atoms with Gasteiger partial charge in [-0.1, -0.05) is 6.92 Å². The van der Waals surface area contributed by atoms with Gasteiger partial charge in [0.15, 0.2) is 0 Å². The third-order valence-electron chi connectivity index (χ3n) is 2.50. The number of nitrogen functional groups attached to an aromatic ring is 1. The molecule has 0 aliphatic rings. The highest BCUT2D eigenvalue weighted by Crippen LogP contribution is 2.21. The molecule has 1 rings (SSSR count). The SMILES string of the molecule is CCN(CC(N)=O)S(=O)(=O)c1ccc(N)cc1C. The monoisotopic (exact) mass is 271 g/mol. The molecule has 0 heterocycles. The molecule has 0 saturated carbocycles. The summed E-state index contributed by atoms with van der Waals surface area (Å²) < 4.78 is 25.7. The first-order valence-electron chi connectivity index (χ1n) is 5.43. The van der Waals surface area contributed by atoms with Crippen LogP contribution in [0.5, 0.6) is 0 Å². The van der Waals surface area contributed by atoms with E-state index in [1.54, 1.807) is 19.9 Å². The smallest absolute Gasteiger partial charge is 0.243 e. The number of primary amides is 1. The van der Waals surface area contributed by atoms with E-state index >= 15 is 0 Å². The van der Waals surface area contributed by atoms with Gasteiger partial charge in [0, 0.05) is 12.2 Å². The number of amides is 1. The zero-order valence-electron chi connectivity index (χ0n) is 10.4. The van der Waals surface area contributed by atoms with Crippen molar-refractivity contribution in [3.05, 3.63) is 23.8 Å². The Labute approximate surface area is 107 Å². The minimum atomic E-state index is -3.72. The molecule has 7 heteroatoms. The van der Waals surface area contributed by atoms with Gasteiger partial charge < -0.3 is 11.5 Å². The van der Waals surface area contributed by atoms with Gasteiger partial charge in [0.25, 0.3) is 0 Å². The Morgan fingerprint density at radius 3 is 2.44 bits per heavy atom. The molecule has 0 aliphatic heterocycles. The Balaban J connectivity index is 3.23. The molecule has 0 spiro atoms. The van der Waals surface area contributed by atoms with Crippen LogP contribution in [-0.4, -0.2) is 31.7 Å². The first kappa shape index (κ1) is 14.5. The van der Waals surface area contributed by atoms with E-state index < -0.39 is 15.9 Å². The minimum Gasteiger partial charge on any atom is -0.399 e. The number of hydrogen-bond donors (Lipinski definition) is 2. The predicted molar refractivity (Wildman–Crippen MR) is 69.2 cm³/mol. The summed E-state index contributed by atoms with van der Waals surface area (Å²) in [5, 5.41) is 0. The number of benzene rings is 1. The van der Waals surface area contributed by atoms with Gasteiger partial charge in [-0.05, 0) is 30.7 Å². The van der Waals surface area contributed by atoms with Crippen molar-refractivity contribution < 1.29 is 13.2 Å². The molecule has 1 aromatic carbocycles. The van der Waals surface area contributed by atoms with Gasteiger partial charge in [0.05, 0.1) is 11.4 Å². The van der Waals surface area contributed by atoms with Crippen LogP contribution in [0.15, 0.2) is 23.1 Å². The first-order valence-corrected chi connectivity index (χ1v) is 6.87. The van der Waals surface area contributed by atoms with Crippen LogP contribution in [0.4, 0.5) is 5.69 Å². The van der Waals surface area contributed by atoms with Crippen molar-refractivity contribution in [3.63, 3.8) is 0 Å². The molecule has 1 amide bonds. The average Bonchev–Trinajstić information content (AvgIpc) is 2.24. The van der Waals surface area contributed by atoms with Gasteiger partial charge in [0.2, 0.25) is 15.9 Å². The molecule has 0 unspecified atom stereocenters. The van der Waals surface area contributed by atoms with Gasteiger partial charge in [0.1, 0.15) is 0 Å². The number of hydrogen-bond acceptors (Lipinski definition) is 4. The van der Waals surface area contributed by atoms with Crippen LogP contribution in [0.3, 0.4) is 0 Å². The Bertz CT molecular complexity index is 555. The van der Waals surface area contributed by atoms with Gasteiger partial charge in [-0.3, -0.25) is 4.79 Å². The van der Waals surface area contributed by atoms with E-state index in [4.69, 9.17) is 11.5 Å². The number of carbonyl (C=O) groups is 1. The summed E-state index contributed by atoms with van der Waals surface area (Å²) in [6.45, 7) is 3.15. The summed E-state index contributed by atoms with van der Waals surface area (Å²) in [4.78, 5) is 11.0. The Morgan fingerprint density at radius 2 is 2.00 bits per heavy atom. The normalized spacial score (nSPS) is 11.7. The lowest BCUT2D eigenvalue weighted by molar-refractivity contribution is -0.118. The van der Waals surface area contributed by atoms with Crippen molar-refractivity contribution in [1.82, 2.24) is 4.31 Å². The van der Waals surface area contributed by atoms with Crippen LogP contribution < -0.4 is 11.5 Å². The van der Waals surface area contributed by atoms with Crippen molar-refractivity contribution in [3.8, 4) is 0 Å². The maximum atomic E-state index is 12.3. The minimum absolute atomic E-state index is 0.139. The van der Waals surface area contributed by atoms with Gasteiger partial charge in [-0.15, -0.1) is 0 Å². The lowest BCUT2D eigenvalue weighted by atomic mass is 10.2. The number of anilines is 1. The summed E-state index contributed by atoms with van der Waals surface area (Å²) in [7, 11) is -3.72. The van der Waals surface area contributed by atoms with Crippen LogP contribution in [0.2, 0.25) is 0 Å². The maximum Gasteiger partial charge on any atom is 0.243 e. The van der Waals surface area contributed by atoms with Crippen molar-refractivity contribution in [2.24, 2.45) is 5.73 Å². The second kappa shape index (κ2) is 5.36. The van der Waals surface area contributed by atoms with Crippen molar-refractivity contribution >= 4 is 21.6 Å². The Hall–Kier alpha value is -1.60. The summed E-state index contributed by atoms with van der Waals surface area (Å²) in [5.74, 6) is -0.687. The van der Waals surface area contributed by atoms with E-state index in [1.807, 2.05) is 0 Å². The van der Waals surface area contributed by atoms with Crippen LogP contribution in [0.1, 0.15) is 12.5 Å². The third kappa shape index (κ3) is 2.99. The highest BCUT2D eigenvalue weighted by atomic mass is 32.2. The standard InChI is InChI=1S/C11H17N3O3S/c1-3-14(7-11(13)15)18(16,17)10-5-4-9(12)6-8(10)2/h4-6H,3,7,12H2,1-2H3,(H2,13,15). The van der Waals surface area contributed by atoms with Crippen LogP contribution in [-0.2, 0) is 14.8 Å². The molecule has 100 valence electrons. The molecule has 0 aromatic heterocycles. The van der Waals surface area contributed by atoms with Crippen LogP contribution in [0, 0.1) is 6.92 Å². The van der Waals surface area contributed by atoms with E-state index in [-0.39, 0.29) is 18.0 Å². The summed E-state index contributed by atoms with van der Waals surface area (Å²) >= 11 is 0. The number of carbonyl (C=O) groups excluding carboxylic acids is 1. The largest absolute Gasteiger partial charge is 0.399 e. The molecule has 0 aliphatic carbocycles. The molecule has 0 saturated heterocycles. The lowest BCUT2D eigenvalue weighted by Gasteiger charge is -2.20. The molecule has 0 bridgehead atoms. The number of rotatable bonds is 5. The number of nitrogens with zero attached hydrogens (tertiary/aromatic N) is 1. The van der Waals surface area contributed by atoms with E-state index in [0.29, 0.717) is 11.3 Å². The Kier molecular flexibility index (Phi) is 4.31. The molecule has 6 nitrogen and oxygen atoms in total. The molecular formula is C11H17N3O3S.